The van der Waals surface area contributed by atoms with Crippen LogP contribution in [0.1, 0.15) is 30.2 Å². The minimum atomic E-state index is -0.127. The SMILES string of the molecule is Cc1ccc(Oc2cccc(/C=C3\CCN(C(=O)Nc4cnoc4C)CC3C)c2)nc1. The average molecular weight is 418 g/mol. The number of aromatic nitrogens is 2. The van der Waals surface area contributed by atoms with Crippen LogP contribution in [-0.4, -0.2) is 34.2 Å². The summed E-state index contributed by atoms with van der Waals surface area (Å²) in [4.78, 5) is 18.7. The molecule has 160 valence electrons. The van der Waals surface area contributed by atoms with Gasteiger partial charge in [-0.3, -0.25) is 0 Å². The number of nitrogens with zero attached hydrogens (tertiary/aromatic N) is 3. The van der Waals surface area contributed by atoms with Crippen molar-refractivity contribution >= 4 is 17.8 Å². The Bertz CT molecular complexity index is 1090. The smallest absolute Gasteiger partial charge is 0.322 e. The second kappa shape index (κ2) is 9.04. The summed E-state index contributed by atoms with van der Waals surface area (Å²) >= 11 is 0. The molecule has 1 fully saturated rings. The summed E-state index contributed by atoms with van der Waals surface area (Å²) in [6.07, 6.45) is 6.32. The largest absolute Gasteiger partial charge is 0.439 e. The third-order valence-electron chi connectivity index (χ3n) is 5.39. The maximum absolute atomic E-state index is 12.6. The molecular formula is C24H26N4O3. The molecule has 3 aromatic rings. The maximum Gasteiger partial charge on any atom is 0.322 e. The van der Waals surface area contributed by atoms with Crippen LogP contribution in [0, 0.1) is 19.8 Å². The van der Waals surface area contributed by atoms with Crippen LogP contribution >= 0.6 is 0 Å². The number of ether oxygens (including phenoxy) is 1. The number of likely N-dealkylation sites (tertiary alicyclic amines) is 1. The molecular weight excluding hydrogens is 392 g/mol. The predicted molar refractivity (Wildman–Crippen MR) is 119 cm³/mol. The molecule has 1 saturated heterocycles. The van der Waals surface area contributed by atoms with Gasteiger partial charge in [-0.25, -0.2) is 9.78 Å². The van der Waals surface area contributed by atoms with Gasteiger partial charge in [-0.05, 0) is 49.4 Å². The molecule has 7 nitrogen and oxygen atoms in total. The molecule has 0 radical (unpaired) electrons. The molecule has 1 unspecified atom stereocenters. The number of nitrogens with one attached hydrogen (secondary N) is 1. The molecule has 31 heavy (non-hydrogen) atoms. The van der Waals surface area contributed by atoms with E-state index in [0.717, 1.165) is 23.3 Å². The lowest BCUT2D eigenvalue weighted by molar-refractivity contribution is 0.197. The molecule has 1 aliphatic heterocycles. The minimum Gasteiger partial charge on any atom is -0.439 e. The number of aryl methyl sites for hydroxylation is 2. The van der Waals surface area contributed by atoms with E-state index in [1.807, 2.05) is 42.2 Å². The summed E-state index contributed by atoms with van der Waals surface area (Å²) in [6, 6.07) is 11.7. The number of rotatable bonds is 4. The molecule has 1 aliphatic rings. The Balaban J connectivity index is 1.40. The van der Waals surface area contributed by atoms with Crippen molar-refractivity contribution in [2.75, 3.05) is 18.4 Å². The number of amides is 2. The number of hydrogen-bond acceptors (Lipinski definition) is 5. The first kappa shape index (κ1) is 20.7. The van der Waals surface area contributed by atoms with Gasteiger partial charge >= 0.3 is 6.03 Å². The van der Waals surface area contributed by atoms with Crippen LogP contribution in [0.3, 0.4) is 0 Å². The molecule has 2 aromatic heterocycles. The van der Waals surface area contributed by atoms with Crippen LogP contribution in [0.25, 0.3) is 6.08 Å². The number of carbonyl (C=O) groups excluding carboxylic acids is 1. The number of pyridine rings is 1. The van der Waals surface area contributed by atoms with Gasteiger partial charge in [-0.15, -0.1) is 0 Å². The van der Waals surface area contributed by atoms with Gasteiger partial charge in [0.2, 0.25) is 5.88 Å². The fourth-order valence-electron chi connectivity index (χ4n) is 3.58. The van der Waals surface area contributed by atoms with Crippen molar-refractivity contribution in [3.05, 3.63) is 71.3 Å². The second-order valence-corrected chi connectivity index (χ2v) is 7.89. The van der Waals surface area contributed by atoms with Gasteiger partial charge in [0.25, 0.3) is 0 Å². The van der Waals surface area contributed by atoms with Gasteiger partial charge in [0.05, 0.1) is 6.20 Å². The lowest BCUT2D eigenvalue weighted by Crippen LogP contribution is -2.42. The van der Waals surface area contributed by atoms with Crippen molar-refractivity contribution in [1.82, 2.24) is 15.0 Å². The fourth-order valence-corrected chi connectivity index (χ4v) is 3.58. The highest BCUT2D eigenvalue weighted by Gasteiger charge is 2.25. The summed E-state index contributed by atoms with van der Waals surface area (Å²) in [5, 5.41) is 6.57. The molecule has 1 atom stereocenters. The topological polar surface area (TPSA) is 80.5 Å². The quantitative estimate of drug-likeness (QED) is 0.610. The van der Waals surface area contributed by atoms with E-state index >= 15 is 0 Å². The van der Waals surface area contributed by atoms with Crippen LogP contribution in [-0.2, 0) is 0 Å². The highest BCUT2D eigenvalue weighted by molar-refractivity contribution is 5.89. The summed E-state index contributed by atoms with van der Waals surface area (Å²) in [5.74, 6) is 2.18. The Kier molecular flexibility index (Phi) is 6.02. The Hall–Kier alpha value is -3.61. The monoisotopic (exact) mass is 418 g/mol. The van der Waals surface area contributed by atoms with Crippen LogP contribution < -0.4 is 10.1 Å². The van der Waals surface area contributed by atoms with E-state index in [-0.39, 0.29) is 11.9 Å². The number of benzene rings is 1. The van der Waals surface area contributed by atoms with Gasteiger partial charge in [0, 0.05) is 25.4 Å². The van der Waals surface area contributed by atoms with Crippen molar-refractivity contribution in [2.24, 2.45) is 5.92 Å². The first-order valence-electron chi connectivity index (χ1n) is 10.4. The molecule has 4 rings (SSSR count). The van der Waals surface area contributed by atoms with Crippen LogP contribution in [0.2, 0.25) is 0 Å². The lowest BCUT2D eigenvalue weighted by atomic mass is 9.91. The summed E-state index contributed by atoms with van der Waals surface area (Å²) in [5.41, 5.74) is 4.09. The summed E-state index contributed by atoms with van der Waals surface area (Å²) in [6.45, 7) is 7.23. The number of carbonyl (C=O) groups is 1. The van der Waals surface area contributed by atoms with E-state index in [1.54, 1.807) is 13.1 Å². The molecule has 0 saturated carbocycles. The second-order valence-electron chi connectivity index (χ2n) is 7.89. The highest BCUT2D eigenvalue weighted by atomic mass is 16.5. The summed E-state index contributed by atoms with van der Waals surface area (Å²) < 4.78 is 10.9. The van der Waals surface area contributed by atoms with E-state index in [0.29, 0.717) is 30.4 Å². The molecule has 7 heteroatoms. The first-order chi connectivity index (χ1) is 15.0. The van der Waals surface area contributed by atoms with Crippen LogP contribution in [0.5, 0.6) is 11.6 Å². The van der Waals surface area contributed by atoms with E-state index in [1.165, 1.54) is 11.8 Å². The van der Waals surface area contributed by atoms with E-state index < -0.39 is 0 Å². The fraction of sp³-hybridized carbons (Fsp3) is 0.292. The standard InChI is InChI=1S/C24H26N4O3/c1-16-7-8-23(25-13-16)30-21-6-4-5-19(12-21)11-20-9-10-28(15-17(20)2)24(29)27-22-14-26-31-18(22)3/h4-8,11-14,17H,9-10,15H2,1-3H3,(H,27,29)/b20-11+. The highest BCUT2D eigenvalue weighted by Crippen LogP contribution is 2.28. The van der Waals surface area contributed by atoms with Gasteiger partial charge in [-0.2, -0.15) is 0 Å². The Labute approximate surface area is 181 Å². The number of anilines is 1. The van der Waals surface area contributed by atoms with Crippen molar-refractivity contribution < 1.29 is 14.1 Å². The van der Waals surface area contributed by atoms with E-state index in [4.69, 9.17) is 9.26 Å². The van der Waals surface area contributed by atoms with Crippen molar-refractivity contribution in [2.45, 2.75) is 27.2 Å². The number of urea groups is 1. The van der Waals surface area contributed by atoms with Gasteiger partial charge in [0.15, 0.2) is 5.76 Å². The van der Waals surface area contributed by atoms with Gasteiger partial charge < -0.3 is 19.5 Å². The van der Waals surface area contributed by atoms with Crippen molar-refractivity contribution in [3.63, 3.8) is 0 Å². The zero-order valence-corrected chi connectivity index (χ0v) is 18.0. The zero-order chi connectivity index (χ0) is 21.8. The van der Waals surface area contributed by atoms with E-state index in [9.17, 15) is 4.79 Å². The molecule has 0 aliphatic carbocycles. The maximum atomic E-state index is 12.6. The van der Waals surface area contributed by atoms with Gasteiger partial charge in [-0.1, -0.05) is 41.9 Å². The molecule has 3 heterocycles. The molecule has 1 aromatic carbocycles. The normalized spacial score (nSPS) is 17.6. The van der Waals surface area contributed by atoms with Crippen LogP contribution in [0.15, 0.2) is 58.9 Å². The Morgan fingerprint density at radius 3 is 2.84 bits per heavy atom. The minimum absolute atomic E-state index is 0.127. The summed E-state index contributed by atoms with van der Waals surface area (Å²) in [7, 11) is 0. The van der Waals surface area contributed by atoms with Crippen molar-refractivity contribution in [3.8, 4) is 11.6 Å². The first-order valence-corrected chi connectivity index (χ1v) is 10.4. The average Bonchev–Trinajstić information content (AvgIpc) is 3.16. The Morgan fingerprint density at radius 1 is 1.26 bits per heavy atom. The molecule has 1 N–H and O–H groups in total. The molecule has 0 spiro atoms. The third-order valence-corrected chi connectivity index (χ3v) is 5.39. The zero-order valence-electron chi connectivity index (χ0n) is 18.0. The van der Waals surface area contributed by atoms with Crippen LogP contribution in [0.4, 0.5) is 10.5 Å². The molecule has 0 bridgehead atoms. The lowest BCUT2D eigenvalue weighted by Gasteiger charge is -2.33. The van der Waals surface area contributed by atoms with E-state index in [2.05, 4.69) is 34.5 Å². The van der Waals surface area contributed by atoms with Crippen molar-refractivity contribution in [1.29, 1.82) is 0 Å². The van der Waals surface area contributed by atoms with Gasteiger partial charge in [0.1, 0.15) is 11.4 Å². The predicted octanol–water partition coefficient (Wildman–Crippen LogP) is 5.44. The third kappa shape index (κ3) is 5.12. The Morgan fingerprint density at radius 2 is 2.13 bits per heavy atom. The molecule has 2 amide bonds. The number of hydrogen-bond donors (Lipinski definition) is 1. The number of piperidine rings is 1.